The van der Waals surface area contributed by atoms with Crippen LogP contribution < -0.4 is 15.1 Å². The lowest BCUT2D eigenvalue weighted by atomic mass is 10.3. The topological polar surface area (TPSA) is 122 Å². The Kier molecular flexibility index (Phi) is 5.19. The number of nitrogens with zero attached hydrogens (tertiary/aromatic N) is 3. The number of aromatic nitrogens is 3. The summed E-state index contributed by atoms with van der Waals surface area (Å²) in [6, 6.07) is -1.10. The summed E-state index contributed by atoms with van der Waals surface area (Å²) in [6.07, 6.45) is 0. The van der Waals surface area contributed by atoms with Gasteiger partial charge in [0.05, 0.1) is 24.7 Å². The van der Waals surface area contributed by atoms with Crippen LogP contribution in [0.1, 0.15) is 15.2 Å². The first-order valence-corrected chi connectivity index (χ1v) is 8.44. The van der Waals surface area contributed by atoms with Crippen molar-refractivity contribution in [2.75, 3.05) is 14.2 Å². The monoisotopic (exact) mass is 374 g/mol. The van der Waals surface area contributed by atoms with Crippen molar-refractivity contribution < 1.29 is 23.3 Å². The SMILES string of the molecule is COC(=O)c1csc(C)c1S(=O)NC(=O)n1nc(OC)n(C)c1=O. The van der Waals surface area contributed by atoms with Crippen LogP contribution in [0.25, 0.3) is 0 Å². The molecule has 0 aliphatic heterocycles. The van der Waals surface area contributed by atoms with E-state index in [4.69, 9.17) is 4.74 Å². The minimum atomic E-state index is -2.08. The van der Waals surface area contributed by atoms with Gasteiger partial charge in [-0.25, -0.2) is 23.2 Å². The molecule has 1 amide bonds. The van der Waals surface area contributed by atoms with Crippen molar-refractivity contribution in [1.29, 1.82) is 0 Å². The molecule has 0 aliphatic carbocycles. The van der Waals surface area contributed by atoms with E-state index in [9.17, 15) is 18.6 Å². The van der Waals surface area contributed by atoms with Crippen molar-refractivity contribution >= 4 is 34.3 Å². The first-order valence-electron chi connectivity index (χ1n) is 6.41. The molecule has 0 fully saturated rings. The van der Waals surface area contributed by atoms with Gasteiger partial charge in [-0.05, 0) is 6.92 Å². The summed E-state index contributed by atoms with van der Waals surface area (Å²) < 4.78 is 25.5. The Labute approximate surface area is 142 Å². The molecule has 24 heavy (non-hydrogen) atoms. The molecule has 0 aliphatic rings. The van der Waals surface area contributed by atoms with Crippen LogP contribution in [0.2, 0.25) is 0 Å². The maximum absolute atomic E-state index is 12.4. The highest BCUT2D eigenvalue weighted by Gasteiger charge is 2.24. The van der Waals surface area contributed by atoms with E-state index < -0.39 is 28.7 Å². The molecule has 0 radical (unpaired) electrons. The maximum atomic E-state index is 12.4. The highest BCUT2D eigenvalue weighted by Crippen LogP contribution is 2.25. The van der Waals surface area contributed by atoms with Crippen molar-refractivity contribution in [3.63, 3.8) is 0 Å². The summed E-state index contributed by atoms with van der Waals surface area (Å²) in [7, 11) is 1.78. The zero-order valence-corrected chi connectivity index (χ0v) is 14.8. The van der Waals surface area contributed by atoms with Crippen LogP contribution in [-0.4, -0.2) is 44.8 Å². The molecule has 12 heteroatoms. The average molecular weight is 374 g/mol. The Hall–Kier alpha value is -2.47. The molecule has 2 aromatic heterocycles. The number of ether oxygens (including phenoxy) is 2. The number of hydrogen-bond donors (Lipinski definition) is 1. The van der Waals surface area contributed by atoms with Crippen LogP contribution in [0, 0.1) is 6.92 Å². The molecular weight excluding hydrogens is 360 g/mol. The number of methoxy groups -OCH3 is 2. The third kappa shape index (κ3) is 3.10. The lowest BCUT2D eigenvalue weighted by molar-refractivity contribution is 0.0597. The van der Waals surface area contributed by atoms with E-state index in [1.54, 1.807) is 6.92 Å². The Morgan fingerprint density at radius 2 is 2.04 bits per heavy atom. The lowest BCUT2D eigenvalue weighted by Crippen LogP contribution is -2.38. The Morgan fingerprint density at radius 3 is 2.58 bits per heavy atom. The first kappa shape index (κ1) is 17.9. The number of hydrogen-bond acceptors (Lipinski definition) is 8. The first-order chi connectivity index (χ1) is 11.3. The van der Waals surface area contributed by atoms with Crippen LogP contribution in [0.4, 0.5) is 4.79 Å². The van der Waals surface area contributed by atoms with Crippen LogP contribution in [-0.2, 0) is 22.8 Å². The molecular formula is C12H14N4O6S2. The minimum absolute atomic E-state index is 0.0807. The Morgan fingerprint density at radius 1 is 1.38 bits per heavy atom. The van der Waals surface area contributed by atoms with Gasteiger partial charge in [-0.2, -0.15) is 0 Å². The number of esters is 1. The van der Waals surface area contributed by atoms with E-state index in [2.05, 4.69) is 14.6 Å². The molecule has 0 spiro atoms. The summed E-state index contributed by atoms with van der Waals surface area (Å²) in [4.78, 5) is 36.4. The van der Waals surface area contributed by atoms with Crippen molar-refractivity contribution in [1.82, 2.24) is 19.1 Å². The quantitative estimate of drug-likeness (QED) is 0.749. The van der Waals surface area contributed by atoms with Gasteiger partial charge < -0.3 is 9.47 Å². The van der Waals surface area contributed by atoms with Crippen molar-refractivity contribution in [2.24, 2.45) is 7.05 Å². The summed E-state index contributed by atoms with van der Waals surface area (Å²) in [5, 5.41) is 5.15. The average Bonchev–Trinajstić information content (AvgIpc) is 3.07. The molecule has 10 nitrogen and oxygen atoms in total. The van der Waals surface area contributed by atoms with E-state index in [1.807, 2.05) is 0 Å². The molecule has 0 aromatic carbocycles. The van der Waals surface area contributed by atoms with Gasteiger partial charge in [0.1, 0.15) is 0 Å². The predicted octanol–water partition coefficient (Wildman–Crippen LogP) is 0.0274. The predicted molar refractivity (Wildman–Crippen MR) is 84.8 cm³/mol. The van der Waals surface area contributed by atoms with Gasteiger partial charge in [0.2, 0.25) is 0 Å². The number of rotatable bonds is 4. The van der Waals surface area contributed by atoms with Crippen molar-refractivity contribution in [2.45, 2.75) is 11.8 Å². The van der Waals surface area contributed by atoms with Crippen molar-refractivity contribution in [3.05, 3.63) is 26.3 Å². The fraction of sp³-hybridized carbons (Fsp3) is 0.333. The zero-order valence-electron chi connectivity index (χ0n) is 13.2. The smallest absolute Gasteiger partial charge is 0.358 e. The highest BCUT2D eigenvalue weighted by molar-refractivity contribution is 7.84. The molecule has 2 aromatic rings. The summed E-state index contributed by atoms with van der Waals surface area (Å²) in [5.74, 6) is -0.673. The van der Waals surface area contributed by atoms with E-state index in [1.165, 1.54) is 38.0 Å². The van der Waals surface area contributed by atoms with Crippen LogP contribution in [0.3, 0.4) is 0 Å². The molecule has 1 N–H and O–H groups in total. The largest absolute Gasteiger partial charge is 0.467 e. The number of nitrogens with one attached hydrogen (secondary N) is 1. The fourth-order valence-electron chi connectivity index (χ4n) is 1.83. The third-order valence-corrected chi connectivity index (χ3v) is 5.30. The van der Waals surface area contributed by atoms with E-state index in [-0.39, 0.29) is 16.5 Å². The van der Waals surface area contributed by atoms with E-state index in [0.717, 1.165) is 4.57 Å². The van der Waals surface area contributed by atoms with Crippen LogP contribution in [0.15, 0.2) is 15.1 Å². The van der Waals surface area contributed by atoms with Crippen molar-refractivity contribution in [3.8, 4) is 6.01 Å². The van der Waals surface area contributed by atoms with Crippen LogP contribution in [0.5, 0.6) is 6.01 Å². The third-order valence-electron chi connectivity index (χ3n) is 3.00. The number of thiophene rings is 1. The molecule has 2 heterocycles. The molecule has 130 valence electrons. The summed E-state index contributed by atoms with van der Waals surface area (Å²) in [5.41, 5.74) is -0.679. The second-order valence-electron chi connectivity index (χ2n) is 4.44. The zero-order chi connectivity index (χ0) is 18.0. The number of aryl methyl sites for hydroxylation is 1. The molecule has 0 saturated carbocycles. The lowest BCUT2D eigenvalue weighted by Gasteiger charge is -2.06. The minimum Gasteiger partial charge on any atom is -0.467 e. The fourth-order valence-corrected chi connectivity index (χ4v) is 3.95. The van der Waals surface area contributed by atoms with Gasteiger partial charge in [0, 0.05) is 17.3 Å². The van der Waals surface area contributed by atoms with Gasteiger partial charge in [-0.1, -0.05) is 0 Å². The van der Waals surface area contributed by atoms with Crippen LogP contribution >= 0.6 is 11.3 Å². The highest BCUT2D eigenvalue weighted by atomic mass is 32.2. The summed E-state index contributed by atoms with van der Waals surface area (Å²) in [6.45, 7) is 1.65. The molecule has 1 atom stereocenters. The van der Waals surface area contributed by atoms with Gasteiger partial charge in [-0.3, -0.25) is 4.72 Å². The summed E-state index contributed by atoms with van der Waals surface area (Å²) >= 11 is 1.19. The number of carbonyl (C=O) groups is 2. The maximum Gasteiger partial charge on any atom is 0.358 e. The Balaban J connectivity index is 2.31. The van der Waals surface area contributed by atoms with Gasteiger partial charge in [-0.15, -0.1) is 21.1 Å². The van der Waals surface area contributed by atoms with E-state index >= 15 is 0 Å². The second-order valence-corrected chi connectivity index (χ2v) is 6.68. The van der Waals surface area contributed by atoms with Gasteiger partial charge in [0.15, 0.2) is 11.0 Å². The number of amides is 1. The number of carbonyl (C=O) groups excluding carboxylic acids is 2. The second kappa shape index (κ2) is 6.97. The molecule has 0 saturated heterocycles. The van der Waals surface area contributed by atoms with Gasteiger partial charge in [0.25, 0.3) is 0 Å². The molecule has 0 bridgehead atoms. The van der Waals surface area contributed by atoms with E-state index in [0.29, 0.717) is 9.56 Å². The normalized spacial score (nSPS) is 11.8. The molecule has 2 rings (SSSR count). The van der Waals surface area contributed by atoms with Gasteiger partial charge >= 0.3 is 23.7 Å². The Bertz CT molecular complexity index is 881. The standard InChI is InChI=1S/C12H14N4O6S2/c1-6-8(7(5-23-6)9(17)21-3)24(20)14-10(18)16-12(19)15(2)11(13-16)22-4/h5H,1-4H3,(H,14,18). The molecule has 1 unspecified atom stereocenters.